The molecule has 0 saturated carbocycles. The molecule has 3 rings (SSSR count). The third-order valence-corrected chi connectivity index (χ3v) is 4.27. The fraction of sp³-hybridized carbons (Fsp3) is 0.471. The van der Waals surface area contributed by atoms with Crippen molar-refractivity contribution in [2.45, 2.75) is 25.9 Å². The monoisotopic (exact) mass is 286 g/mol. The van der Waals surface area contributed by atoms with Crippen LogP contribution in [0.15, 0.2) is 30.5 Å². The molecular weight excluding hydrogens is 264 g/mol. The van der Waals surface area contributed by atoms with Crippen LogP contribution in [-0.2, 0) is 4.74 Å². The molecule has 0 aliphatic carbocycles. The lowest BCUT2D eigenvalue weighted by molar-refractivity contribution is 0.0900. The SMILES string of the molecule is CCC1OCCC1CNc1nccc2c(OC)cccc12. The number of pyridine rings is 1. The van der Waals surface area contributed by atoms with E-state index in [1.54, 1.807) is 7.11 Å². The molecule has 4 heteroatoms. The lowest BCUT2D eigenvalue weighted by Gasteiger charge is -2.18. The minimum Gasteiger partial charge on any atom is -0.496 e. The van der Waals surface area contributed by atoms with E-state index in [4.69, 9.17) is 9.47 Å². The van der Waals surface area contributed by atoms with Crippen LogP contribution in [0.1, 0.15) is 19.8 Å². The predicted octanol–water partition coefficient (Wildman–Crippen LogP) is 3.47. The summed E-state index contributed by atoms with van der Waals surface area (Å²) in [6.07, 6.45) is 4.40. The summed E-state index contributed by atoms with van der Waals surface area (Å²) < 4.78 is 11.2. The number of aromatic nitrogens is 1. The molecule has 2 atom stereocenters. The van der Waals surface area contributed by atoms with Crippen molar-refractivity contribution in [2.24, 2.45) is 5.92 Å². The molecule has 1 aliphatic heterocycles. The van der Waals surface area contributed by atoms with Gasteiger partial charge in [-0.1, -0.05) is 19.1 Å². The van der Waals surface area contributed by atoms with E-state index in [1.165, 1.54) is 0 Å². The molecule has 1 aromatic carbocycles. The highest BCUT2D eigenvalue weighted by atomic mass is 16.5. The number of anilines is 1. The molecule has 21 heavy (non-hydrogen) atoms. The number of nitrogens with one attached hydrogen (secondary N) is 1. The van der Waals surface area contributed by atoms with Gasteiger partial charge in [0.2, 0.25) is 0 Å². The number of methoxy groups -OCH3 is 1. The molecule has 0 spiro atoms. The van der Waals surface area contributed by atoms with E-state index in [1.807, 2.05) is 24.4 Å². The van der Waals surface area contributed by atoms with E-state index in [9.17, 15) is 0 Å². The number of hydrogen-bond donors (Lipinski definition) is 1. The fourth-order valence-corrected chi connectivity index (χ4v) is 3.10. The van der Waals surface area contributed by atoms with Gasteiger partial charge in [0, 0.05) is 36.0 Å². The molecule has 2 aromatic rings. The molecule has 0 bridgehead atoms. The van der Waals surface area contributed by atoms with E-state index in [2.05, 4.69) is 23.3 Å². The lowest BCUT2D eigenvalue weighted by Crippen LogP contribution is -2.23. The minimum absolute atomic E-state index is 0.377. The molecule has 1 N–H and O–H groups in total. The van der Waals surface area contributed by atoms with Gasteiger partial charge in [0.15, 0.2) is 0 Å². The Balaban J connectivity index is 1.81. The second-order valence-electron chi connectivity index (χ2n) is 5.46. The molecule has 0 amide bonds. The van der Waals surface area contributed by atoms with Crippen LogP contribution in [0.3, 0.4) is 0 Å². The van der Waals surface area contributed by atoms with Crippen molar-refractivity contribution >= 4 is 16.6 Å². The van der Waals surface area contributed by atoms with Crippen molar-refractivity contribution in [3.63, 3.8) is 0 Å². The van der Waals surface area contributed by atoms with Crippen LogP contribution < -0.4 is 10.1 Å². The third-order valence-electron chi connectivity index (χ3n) is 4.27. The number of benzene rings is 1. The van der Waals surface area contributed by atoms with E-state index in [0.29, 0.717) is 12.0 Å². The summed E-state index contributed by atoms with van der Waals surface area (Å²) in [5.41, 5.74) is 0. The molecule has 1 fully saturated rings. The number of ether oxygens (including phenoxy) is 2. The summed E-state index contributed by atoms with van der Waals surface area (Å²) in [5, 5.41) is 5.69. The molecule has 1 saturated heterocycles. The van der Waals surface area contributed by atoms with Gasteiger partial charge in [0.1, 0.15) is 11.6 Å². The Hall–Kier alpha value is -1.81. The number of fused-ring (bicyclic) bond motifs is 1. The first-order chi connectivity index (χ1) is 10.3. The average Bonchev–Trinajstić information content (AvgIpc) is 2.99. The summed E-state index contributed by atoms with van der Waals surface area (Å²) in [5.74, 6) is 2.37. The van der Waals surface area contributed by atoms with Crippen LogP contribution in [0.25, 0.3) is 10.8 Å². The summed E-state index contributed by atoms with van der Waals surface area (Å²) in [6.45, 7) is 3.97. The first-order valence-electron chi connectivity index (χ1n) is 7.60. The Kier molecular flexibility index (Phi) is 4.25. The summed E-state index contributed by atoms with van der Waals surface area (Å²) in [6, 6.07) is 8.05. The zero-order valence-electron chi connectivity index (χ0n) is 12.6. The van der Waals surface area contributed by atoms with E-state index < -0.39 is 0 Å². The van der Waals surface area contributed by atoms with Gasteiger partial charge < -0.3 is 14.8 Å². The maximum atomic E-state index is 5.75. The van der Waals surface area contributed by atoms with Crippen molar-refractivity contribution < 1.29 is 9.47 Å². The standard InChI is InChI=1S/C17H22N2O2/c1-3-15-12(8-10-21-15)11-19-17-14-5-4-6-16(20-2)13(14)7-9-18-17/h4-7,9,12,15H,3,8,10-11H2,1-2H3,(H,18,19). The highest BCUT2D eigenvalue weighted by Gasteiger charge is 2.26. The largest absolute Gasteiger partial charge is 0.496 e. The smallest absolute Gasteiger partial charge is 0.133 e. The normalized spacial score (nSPS) is 21.6. The molecule has 1 aliphatic rings. The van der Waals surface area contributed by atoms with Gasteiger partial charge in [-0.15, -0.1) is 0 Å². The Labute approximate surface area is 125 Å². The van der Waals surface area contributed by atoms with Crippen LogP contribution in [0.2, 0.25) is 0 Å². The summed E-state index contributed by atoms with van der Waals surface area (Å²) >= 11 is 0. The van der Waals surface area contributed by atoms with E-state index >= 15 is 0 Å². The first kappa shape index (κ1) is 14.1. The summed E-state index contributed by atoms with van der Waals surface area (Å²) in [4.78, 5) is 4.49. The molecule has 0 radical (unpaired) electrons. The van der Waals surface area contributed by atoms with Crippen LogP contribution in [0, 0.1) is 5.92 Å². The highest BCUT2D eigenvalue weighted by molar-refractivity contribution is 5.95. The highest BCUT2D eigenvalue weighted by Crippen LogP contribution is 2.30. The summed E-state index contributed by atoms with van der Waals surface area (Å²) in [7, 11) is 1.70. The maximum Gasteiger partial charge on any atom is 0.133 e. The van der Waals surface area contributed by atoms with Gasteiger partial charge in [0.05, 0.1) is 13.2 Å². The maximum absolute atomic E-state index is 5.75. The molecule has 112 valence electrons. The van der Waals surface area contributed by atoms with Crippen LogP contribution >= 0.6 is 0 Å². The third kappa shape index (κ3) is 2.81. The second-order valence-corrected chi connectivity index (χ2v) is 5.46. The van der Waals surface area contributed by atoms with Gasteiger partial charge in [-0.25, -0.2) is 4.98 Å². The van der Waals surface area contributed by atoms with E-state index in [-0.39, 0.29) is 0 Å². The van der Waals surface area contributed by atoms with Gasteiger partial charge in [-0.2, -0.15) is 0 Å². The van der Waals surface area contributed by atoms with Crippen LogP contribution in [-0.4, -0.2) is 31.3 Å². The van der Waals surface area contributed by atoms with Crippen molar-refractivity contribution in [1.29, 1.82) is 0 Å². The van der Waals surface area contributed by atoms with Crippen molar-refractivity contribution in [3.05, 3.63) is 30.5 Å². The Morgan fingerprint density at radius 3 is 3.05 bits per heavy atom. The fourth-order valence-electron chi connectivity index (χ4n) is 3.10. The first-order valence-corrected chi connectivity index (χ1v) is 7.60. The van der Waals surface area contributed by atoms with Crippen LogP contribution in [0.5, 0.6) is 5.75 Å². The van der Waals surface area contributed by atoms with Crippen molar-refractivity contribution in [2.75, 3.05) is 25.6 Å². The van der Waals surface area contributed by atoms with Crippen molar-refractivity contribution in [3.8, 4) is 5.75 Å². The topological polar surface area (TPSA) is 43.4 Å². The molecule has 2 unspecified atom stereocenters. The predicted molar refractivity (Wildman–Crippen MR) is 84.9 cm³/mol. The quantitative estimate of drug-likeness (QED) is 0.914. The minimum atomic E-state index is 0.377. The van der Waals surface area contributed by atoms with Gasteiger partial charge in [-0.05, 0) is 25.0 Å². The van der Waals surface area contributed by atoms with Gasteiger partial charge in [-0.3, -0.25) is 0 Å². The number of rotatable bonds is 5. The second kappa shape index (κ2) is 6.31. The Morgan fingerprint density at radius 2 is 2.24 bits per heavy atom. The van der Waals surface area contributed by atoms with Crippen LogP contribution in [0.4, 0.5) is 5.82 Å². The molecule has 1 aromatic heterocycles. The molecule has 2 heterocycles. The van der Waals surface area contributed by atoms with Gasteiger partial charge in [0.25, 0.3) is 0 Å². The zero-order valence-corrected chi connectivity index (χ0v) is 12.6. The Morgan fingerprint density at radius 1 is 1.33 bits per heavy atom. The Bertz CT molecular complexity index is 615. The van der Waals surface area contributed by atoms with E-state index in [0.717, 1.165) is 48.3 Å². The van der Waals surface area contributed by atoms with Gasteiger partial charge >= 0.3 is 0 Å². The average molecular weight is 286 g/mol. The molecule has 4 nitrogen and oxygen atoms in total. The number of hydrogen-bond acceptors (Lipinski definition) is 4. The number of nitrogens with zero attached hydrogens (tertiary/aromatic N) is 1. The lowest BCUT2D eigenvalue weighted by atomic mass is 9.99. The molecular formula is C17H22N2O2. The zero-order chi connectivity index (χ0) is 14.7. The van der Waals surface area contributed by atoms with Crippen molar-refractivity contribution in [1.82, 2.24) is 4.98 Å².